The van der Waals surface area contributed by atoms with Gasteiger partial charge in [-0.2, -0.15) is 0 Å². The molecule has 8 heteroatoms. The summed E-state index contributed by atoms with van der Waals surface area (Å²) in [5.41, 5.74) is -1.14. The first-order valence-corrected chi connectivity index (χ1v) is 6.66. The molecule has 0 unspecified atom stereocenters. The van der Waals surface area contributed by atoms with Crippen molar-refractivity contribution in [3.8, 4) is 5.75 Å². The highest BCUT2D eigenvalue weighted by molar-refractivity contribution is 6.35. The Morgan fingerprint density at radius 2 is 2.05 bits per heavy atom. The first kappa shape index (κ1) is 15.3. The van der Waals surface area contributed by atoms with E-state index in [1.54, 1.807) is 12.1 Å². The molecule has 0 saturated carbocycles. The molecule has 1 aromatic carbocycles. The van der Waals surface area contributed by atoms with Crippen LogP contribution in [0.3, 0.4) is 0 Å². The third-order valence-corrected chi connectivity index (χ3v) is 3.21. The lowest BCUT2D eigenvalue weighted by Gasteiger charge is -2.09. The largest absolute Gasteiger partial charge is 0.490 e. The number of aromatic nitrogens is 1. The highest BCUT2D eigenvalue weighted by atomic mass is 35.5. The Morgan fingerprint density at radius 3 is 2.71 bits per heavy atom. The topological polar surface area (TPSA) is 74.4 Å². The zero-order valence-electron chi connectivity index (χ0n) is 10.7. The lowest BCUT2D eigenvalue weighted by molar-refractivity contribution is -0.386. The number of hydrogen-bond acceptors (Lipinski definition) is 4. The van der Waals surface area contributed by atoms with E-state index < -0.39 is 16.2 Å². The normalized spacial score (nSPS) is 10.4. The van der Waals surface area contributed by atoms with Gasteiger partial charge >= 0.3 is 11.2 Å². The van der Waals surface area contributed by atoms with E-state index in [0.717, 1.165) is 6.07 Å². The lowest BCUT2D eigenvalue weighted by Crippen LogP contribution is -2.24. The molecule has 21 heavy (non-hydrogen) atoms. The molecular weight excluding hydrogens is 319 g/mol. The van der Waals surface area contributed by atoms with Gasteiger partial charge in [0.05, 0.1) is 16.5 Å². The third kappa shape index (κ3) is 3.74. The molecule has 6 nitrogen and oxygen atoms in total. The predicted molar refractivity (Wildman–Crippen MR) is 79.3 cm³/mol. The number of rotatable bonds is 5. The molecule has 0 fully saturated rings. The van der Waals surface area contributed by atoms with Crippen LogP contribution in [-0.2, 0) is 6.54 Å². The van der Waals surface area contributed by atoms with Gasteiger partial charge < -0.3 is 9.30 Å². The molecule has 0 aliphatic heterocycles. The smallest absolute Gasteiger partial charge is 0.334 e. The van der Waals surface area contributed by atoms with Crippen molar-refractivity contribution in [2.75, 3.05) is 6.61 Å². The van der Waals surface area contributed by atoms with Crippen molar-refractivity contribution >= 4 is 28.9 Å². The van der Waals surface area contributed by atoms with Crippen molar-refractivity contribution in [3.05, 3.63) is 67.0 Å². The van der Waals surface area contributed by atoms with Gasteiger partial charge in [-0.15, -0.1) is 0 Å². The standard InChI is InChI=1S/C13H10Cl2N2O4/c14-9-3-4-12(10(15)8-9)21-7-6-16-5-1-2-11(13(16)18)17(19)20/h1-5,8H,6-7H2. The van der Waals surface area contributed by atoms with Gasteiger partial charge in [0.2, 0.25) is 0 Å². The van der Waals surface area contributed by atoms with E-state index >= 15 is 0 Å². The molecule has 0 aliphatic carbocycles. The van der Waals surface area contributed by atoms with Gasteiger partial charge in [-0.1, -0.05) is 23.2 Å². The summed E-state index contributed by atoms with van der Waals surface area (Å²) < 4.78 is 6.64. The average molecular weight is 329 g/mol. The minimum atomic E-state index is -0.713. The Morgan fingerprint density at radius 1 is 1.29 bits per heavy atom. The Balaban J connectivity index is 2.06. The van der Waals surface area contributed by atoms with E-state index in [1.165, 1.54) is 22.9 Å². The molecule has 110 valence electrons. The number of ether oxygens (including phenoxy) is 1. The van der Waals surface area contributed by atoms with Crippen LogP contribution in [-0.4, -0.2) is 16.1 Å². The van der Waals surface area contributed by atoms with Crippen LogP contribution in [0.1, 0.15) is 0 Å². The summed E-state index contributed by atoms with van der Waals surface area (Å²) >= 11 is 11.7. The summed E-state index contributed by atoms with van der Waals surface area (Å²) in [5, 5.41) is 11.5. The predicted octanol–water partition coefficient (Wildman–Crippen LogP) is 3.14. The first-order chi connectivity index (χ1) is 9.99. The fraction of sp³-hybridized carbons (Fsp3) is 0.154. The SMILES string of the molecule is O=c1c([N+](=O)[O-])cccn1CCOc1ccc(Cl)cc1Cl. The highest BCUT2D eigenvalue weighted by Crippen LogP contribution is 2.27. The van der Waals surface area contributed by atoms with Crippen LogP contribution in [0, 0.1) is 10.1 Å². The summed E-state index contributed by atoms with van der Waals surface area (Å²) in [6.07, 6.45) is 1.46. The van der Waals surface area contributed by atoms with Gasteiger partial charge in [-0.05, 0) is 24.3 Å². The van der Waals surface area contributed by atoms with Crippen LogP contribution >= 0.6 is 23.2 Å². The molecule has 2 aromatic rings. The van der Waals surface area contributed by atoms with Crippen LogP contribution in [0.4, 0.5) is 5.69 Å². The van der Waals surface area contributed by atoms with Gasteiger partial charge in [-0.3, -0.25) is 14.9 Å². The molecule has 0 N–H and O–H groups in total. The number of nitrogens with zero attached hydrogens (tertiary/aromatic N) is 2. The number of hydrogen-bond donors (Lipinski definition) is 0. The summed E-state index contributed by atoms with van der Waals surface area (Å²) in [5.74, 6) is 0.430. The maximum Gasteiger partial charge on any atom is 0.334 e. The number of nitro groups is 1. The second-order valence-electron chi connectivity index (χ2n) is 4.07. The van der Waals surface area contributed by atoms with Gasteiger partial charge in [0, 0.05) is 17.3 Å². The zero-order chi connectivity index (χ0) is 15.4. The van der Waals surface area contributed by atoms with Crippen LogP contribution in [0.2, 0.25) is 10.0 Å². The van der Waals surface area contributed by atoms with Gasteiger partial charge in [0.15, 0.2) is 0 Å². The molecule has 0 bridgehead atoms. The van der Waals surface area contributed by atoms with Gasteiger partial charge in [0.25, 0.3) is 0 Å². The number of halogens is 2. The molecule has 0 aliphatic rings. The summed E-state index contributed by atoms with van der Waals surface area (Å²) in [4.78, 5) is 21.8. The Kier molecular flexibility index (Phi) is 4.82. The minimum absolute atomic E-state index is 0.141. The van der Waals surface area contributed by atoms with Gasteiger partial charge in [0.1, 0.15) is 12.4 Å². The second kappa shape index (κ2) is 6.60. The summed E-state index contributed by atoms with van der Waals surface area (Å²) in [6.45, 7) is 0.307. The molecule has 1 aromatic heterocycles. The molecule has 2 rings (SSSR count). The van der Waals surface area contributed by atoms with Crippen molar-refractivity contribution in [2.45, 2.75) is 6.54 Å². The molecule has 0 saturated heterocycles. The maximum atomic E-state index is 11.8. The van der Waals surface area contributed by atoms with Crippen LogP contribution in [0.5, 0.6) is 5.75 Å². The molecule has 0 atom stereocenters. The van der Waals surface area contributed by atoms with E-state index in [9.17, 15) is 14.9 Å². The van der Waals surface area contributed by atoms with Crippen molar-refractivity contribution in [2.24, 2.45) is 0 Å². The van der Waals surface area contributed by atoms with Crippen molar-refractivity contribution in [1.82, 2.24) is 4.57 Å². The fourth-order valence-corrected chi connectivity index (χ4v) is 2.15. The van der Waals surface area contributed by atoms with E-state index in [4.69, 9.17) is 27.9 Å². The molecule has 0 spiro atoms. The van der Waals surface area contributed by atoms with E-state index in [0.29, 0.717) is 15.8 Å². The van der Waals surface area contributed by atoms with Crippen LogP contribution < -0.4 is 10.3 Å². The van der Waals surface area contributed by atoms with Crippen LogP contribution in [0.25, 0.3) is 0 Å². The molecular formula is C13H10Cl2N2O4. The summed E-state index contributed by atoms with van der Waals surface area (Å²) in [7, 11) is 0. The Labute approximate surface area is 129 Å². The second-order valence-corrected chi connectivity index (χ2v) is 4.92. The number of benzene rings is 1. The monoisotopic (exact) mass is 328 g/mol. The van der Waals surface area contributed by atoms with Crippen molar-refractivity contribution < 1.29 is 9.66 Å². The molecule has 1 heterocycles. The fourth-order valence-electron chi connectivity index (χ4n) is 1.69. The molecule has 0 amide bonds. The Hall–Kier alpha value is -2.05. The van der Waals surface area contributed by atoms with E-state index in [1.807, 2.05) is 0 Å². The maximum absolute atomic E-state index is 11.8. The Bertz CT molecular complexity index is 730. The lowest BCUT2D eigenvalue weighted by atomic mass is 10.3. The van der Waals surface area contributed by atoms with Crippen molar-refractivity contribution in [3.63, 3.8) is 0 Å². The van der Waals surface area contributed by atoms with E-state index in [-0.39, 0.29) is 13.2 Å². The van der Waals surface area contributed by atoms with E-state index in [2.05, 4.69) is 0 Å². The van der Waals surface area contributed by atoms with Gasteiger partial charge in [-0.25, -0.2) is 0 Å². The first-order valence-electron chi connectivity index (χ1n) is 5.91. The minimum Gasteiger partial charge on any atom is -0.490 e. The zero-order valence-corrected chi connectivity index (χ0v) is 12.2. The average Bonchev–Trinajstić information content (AvgIpc) is 2.42. The molecule has 0 radical (unpaired) electrons. The summed E-state index contributed by atoms with van der Waals surface area (Å²) in [6, 6.07) is 7.38. The quantitative estimate of drug-likeness (QED) is 0.624. The third-order valence-electron chi connectivity index (χ3n) is 2.68. The van der Waals surface area contributed by atoms with Crippen LogP contribution in [0.15, 0.2) is 41.3 Å². The highest BCUT2D eigenvalue weighted by Gasteiger charge is 2.13. The number of pyridine rings is 1. The van der Waals surface area contributed by atoms with Crippen molar-refractivity contribution in [1.29, 1.82) is 0 Å².